The highest BCUT2D eigenvalue weighted by Gasteiger charge is 2.40. The minimum absolute atomic E-state index is 0.0392. The Balaban J connectivity index is 1.63. The fraction of sp³-hybridized carbons (Fsp3) is 0.111. The van der Waals surface area contributed by atoms with Crippen LogP contribution in [0.25, 0.3) is 11.0 Å². The number of nitro benzene ring substituents is 2. The minimum atomic E-state index is -1.76. The van der Waals surface area contributed by atoms with Crippen LogP contribution in [0, 0.1) is 30.3 Å². The fourth-order valence-corrected chi connectivity index (χ4v) is 3.09. The Morgan fingerprint density at radius 3 is 2.22 bits per heavy atom. The number of nitrogens with one attached hydrogen (secondary N) is 2. The van der Waals surface area contributed by atoms with Gasteiger partial charge in [-0.1, -0.05) is 18.2 Å². The van der Waals surface area contributed by atoms with E-state index in [0.29, 0.717) is 5.69 Å². The van der Waals surface area contributed by atoms with Crippen LogP contribution in [0.2, 0.25) is 0 Å². The number of aromatic nitrogens is 3. The number of allylic oxidation sites excluding steroid dienone is 2. The third kappa shape index (κ3) is 3.72. The topological polar surface area (TPSA) is 184 Å². The van der Waals surface area contributed by atoms with E-state index < -0.39 is 37.8 Å². The number of hydrogen-bond donors (Lipinski definition) is 2. The number of fused-ring (bicyclic) bond motifs is 1. The second-order valence-corrected chi connectivity index (χ2v) is 6.77. The van der Waals surface area contributed by atoms with Gasteiger partial charge in [0.1, 0.15) is 11.6 Å². The molecule has 0 saturated carbocycles. The Bertz CT molecular complexity index is 1270. The van der Waals surface area contributed by atoms with Crippen molar-refractivity contribution < 1.29 is 14.8 Å². The lowest BCUT2D eigenvalue weighted by Gasteiger charge is -2.24. The second-order valence-electron chi connectivity index (χ2n) is 6.77. The molecule has 0 saturated heterocycles. The Morgan fingerprint density at radius 1 is 0.938 bits per heavy atom. The smallest absolute Gasteiger partial charge is 0.315 e. The van der Waals surface area contributed by atoms with E-state index in [2.05, 4.69) is 21.0 Å². The zero-order valence-corrected chi connectivity index (χ0v) is 16.1. The van der Waals surface area contributed by atoms with Gasteiger partial charge in [-0.3, -0.25) is 30.3 Å². The van der Waals surface area contributed by atoms with Crippen molar-refractivity contribution in [2.75, 3.05) is 5.43 Å². The van der Waals surface area contributed by atoms with E-state index in [0.717, 1.165) is 16.9 Å². The first-order valence-electron chi connectivity index (χ1n) is 9.10. The van der Waals surface area contributed by atoms with Crippen LogP contribution in [0.1, 0.15) is 6.04 Å². The first-order valence-corrected chi connectivity index (χ1v) is 9.10. The monoisotopic (exact) mass is 438 g/mol. The summed E-state index contributed by atoms with van der Waals surface area (Å²) in [5.41, 5.74) is 3.08. The molecular formula is C18H14N8O6. The van der Waals surface area contributed by atoms with Crippen LogP contribution in [0.4, 0.5) is 17.1 Å². The lowest BCUT2D eigenvalue weighted by Crippen LogP contribution is -2.52. The number of hydrazine groups is 1. The average Bonchev–Trinajstić information content (AvgIpc) is 3.22. The number of nitrogens with zero attached hydrogens (tertiary/aromatic N) is 6. The largest absolute Gasteiger partial charge is 0.328 e. The van der Waals surface area contributed by atoms with Crippen LogP contribution < -0.4 is 10.9 Å². The Labute approximate surface area is 178 Å². The van der Waals surface area contributed by atoms with Gasteiger partial charge in [0.05, 0.1) is 20.8 Å². The molecule has 0 atom stereocenters. The quantitative estimate of drug-likeness (QED) is 0.240. The molecule has 4 rings (SSSR count). The van der Waals surface area contributed by atoms with E-state index in [1.54, 1.807) is 30.3 Å². The number of anilines is 1. The highest BCUT2D eigenvalue weighted by Crippen LogP contribution is 2.30. The molecule has 0 bridgehead atoms. The van der Waals surface area contributed by atoms with Gasteiger partial charge in [0.2, 0.25) is 0 Å². The van der Waals surface area contributed by atoms with E-state index in [-0.39, 0.29) is 11.0 Å². The van der Waals surface area contributed by atoms with Gasteiger partial charge in [-0.05, 0) is 24.3 Å². The number of rotatable bonds is 7. The van der Waals surface area contributed by atoms with Crippen molar-refractivity contribution in [1.82, 2.24) is 20.4 Å². The molecule has 0 unspecified atom stereocenters. The Kier molecular flexibility index (Phi) is 5.04. The van der Waals surface area contributed by atoms with Crippen molar-refractivity contribution in [3.63, 3.8) is 0 Å². The molecule has 14 heteroatoms. The Morgan fingerprint density at radius 2 is 1.62 bits per heavy atom. The summed E-state index contributed by atoms with van der Waals surface area (Å²) in [6.07, 6.45) is 5.47. The maximum absolute atomic E-state index is 11.7. The maximum atomic E-state index is 11.7. The van der Waals surface area contributed by atoms with Gasteiger partial charge >= 0.3 is 11.4 Å². The lowest BCUT2D eigenvalue weighted by atomic mass is 10.0. The maximum Gasteiger partial charge on any atom is 0.328 e. The number of nitro groups is 3. The summed E-state index contributed by atoms with van der Waals surface area (Å²) in [6, 6.07) is 9.98. The predicted octanol–water partition coefficient (Wildman–Crippen LogP) is 2.50. The van der Waals surface area contributed by atoms with Gasteiger partial charge in [0.25, 0.3) is 5.69 Å². The third-order valence-electron chi connectivity index (χ3n) is 4.72. The van der Waals surface area contributed by atoms with Crippen molar-refractivity contribution in [1.29, 1.82) is 0 Å². The highest BCUT2D eigenvalue weighted by molar-refractivity contribution is 5.86. The van der Waals surface area contributed by atoms with E-state index in [1.807, 2.05) is 0 Å². The summed E-state index contributed by atoms with van der Waals surface area (Å²) < 4.78 is 0. The van der Waals surface area contributed by atoms with Crippen LogP contribution in [0.3, 0.4) is 0 Å². The third-order valence-corrected chi connectivity index (χ3v) is 4.72. The van der Waals surface area contributed by atoms with E-state index >= 15 is 0 Å². The number of benzene rings is 2. The van der Waals surface area contributed by atoms with E-state index in [1.165, 1.54) is 24.3 Å². The molecule has 1 aliphatic rings. The molecule has 162 valence electrons. The molecule has 1 aliphatic carbocycles. The summed E-state index contributed by atoms with van der Waals surface area (Å²) in [5, 5.41) is 42.3. The molecule has 1 heterocycles. The zero-order chi connectivity index (χ0) is 22.9. The second kappa shape index (κ2) is 7.84. The van der Waals surface area contributed by atoms with Crippen LogP contribution in [0.15, 0.2) is 66.8 Å². The van der Waals surface area contributed by atoms with Gasteiger partial charge in [-0.15, -0.1) is 5.10 Å². The van der Waals surface area contributed by atoms with Gasteiger partial charge in [0, 0.05) is 23.9 Å². The van der Waals surface area contributed by atoms with Crippen molar-refractivity contribution >= 4 is 28.1 Å². The minimum Gasteiger partial charge on any atom is -0.315 e. The van der Waals surface area contributed by atoms with Gasteiger partial charge in [-0.25, -0.2) is 0 Å². The zero-order valence-electron chi connectivity index (χ0n) is 16.1. The normalized spacial score (nSPS) is 19.7. The van der Waals surface area contributed by atoms with Crippen molar-refractivity contribution in [3.8, 4) is 0 Å². The van der Waals surface area contributed by atoms with Crippen LogP contribution in [-0.2, 0) is 0 Å². The molecule has 0 spiro atoms. The summed E-state index contributed by atoms with van der Waals surface area (Å²) >= 11 is 0. The van der Waals surface area contributed by atoms with Crippen molar-refractivity contribution in [3.05, 3.63) is 97.1 Å². The van der Waals surface area contributed by atoms with Crippen LogP contribution >= 0.6 is 0 Å². The lowest BCUT2D eigenvalue weighted by molar-refractivity contribution is -0.547. The standard InChI is InChI=1S/C18H14N8O6/c27-24(28)14-10-15-17(16(11-14)25(29)30)21-23(20-15)13-6-8-18(9-7-13,26(31)32)22-19-12-4-2-1-3-5-12/h1-11,13,19,22H. The molecular weight excluding hydrogens is 424 g/mol. The van der Waals surface area contributed by atoms with Gasteiger partial charge in [-0.2, -0.15) is 15.3 Å². The van der Waals surface area contributed by atoms with Crippen molar-refractivity contribution in [2.24, 2.45) is 0 Å². The van der Waals surface area contributed by atoms with E-state index in [9.17, 15) is 30.3 Å². The number of non-ortho nitro benzene ring substituents is 2. The molecule has 14 nitrogen and oxygen atoms in total. The van der Waals surface area contributed by atoms with E-state index in [4.69, 9.17) is 0 Å². The molecule has 3 aromatic rings. The molecule has 0 radical (unpaired) electrons. The van der Waals surface area contributed by atoms with Crippen LogP contribution in [0.5, 0.6) is 0 Å². The first-order chi connectivity index (χ1) is 15.3. The summed E-state index contributed by atoms with van der Waals surface area (Å²) in [7, 11) is 0. The van der Waals surface area contributed by atoms with Crippen molar-refractivity contribution in [2.45, 2.75) is 11.7 Å². The summed E-state index contributed by atoms with van der Waals surface area (Å²) in [6.45, 7) is 0. The molecule has 0 amide bonds. The highest BCUT2D eigenvalue weighted by atomic mass is 16.6. The molecule has 1 aromatic heterocycles. The predicted molar refractivity (Wildman–Crippen MR) is 111 cm³/mol. The number of hydrogen-bond acceptors (Lipinski definition) is 10. The van der Waals surface area contributed by atoms with Crippen LogP contribution in [-0.4, -0.2) is 35.4 Å². The summed E-state index contributed by atoms with van der Waals surface area (Å²) in [5.74, 6) is 0. The fourth-order valence-electron chi connectivity index (χ4n) is 3.09. The Hall–Kier alpha value is -4.72. The molecule has 2 aromatic carbocycles. The number of para-hydroxylation sites is 1. The summed E-state index contributed by atoms with van der Waals surface area (Å²) in [4.78, 5) is 33.1. The molecule has 32 heavy (non-hydrogen) atoms. The average molecular weight is 438 g/mol. The van der Waals surface area contributed by atoms with Gasteiger partial charge in [0.15, 0.2) is 5.52 Å². The molecule has 0 fully saturated rings. The SMILES string of the molecule is O=[N+]([O-])c1cc([N+](=O)[O-])c2nn(C3C=CC(NNc4ccccc4)([N+](=O)[O-])C=C3)nc2c1. The molecule has 0 aliphatic heterocycles. The first kappa shape index (κ1) is 20.5. The van der Waals surface area contributed by atoms with Gasteiger partial charge < -0.3 is 5.43 Å². The molecule has 2 N–H and O–H groups in total.